The molecule has 1 fully saturated rings. The molecule has 0 atom stereocenters. The van der Waals surface area contributed by atoms with Crippen LogP contribution in [-0.2, 0) is 9.59 Å². The van der Waals surface area contributed by atoms with Gasteiger partial charge in [0.25, 0.3) is 5.91 Å². The first kappa shape index (κ1) is 24.1. The number of rotatable bonds is 5. The zero-order chi connectivity index (χ0) is 24.5. The van der Waals surface area contributed by atoms with Gasteiger partial charge in [0.05, 0.1) is 16.3 Å². The molecule has 35 heavy (non-hydrogen) atoms. The largest absolute Gasteiger partial charge is 0.293 e. The second kappa shape index (κ2) is 10.2. The van der Waals surface area contributed by atoms with Gasteiger partial charge in [0.15, 0.2) is 0 Å². The van der Waals surface area contributed by atoms with Crippen molar-refractivity contribution in [3.05, 3.63) is 87.8 Å². The van der Waals surface area contributed by atoms with Crippen LogP contribution in [-0.4, -0.2) is 27.6 Å². The van der Waals surface area contributed by atoms with Crippen LogP contribution in [0.1, 0.15) is 24.0 Å². The number of hydrogen-bond acceptors (Lipinski definition) is 5. The van der Waals surface area contributed by atoms with Crippen molar-refractivity contribution in [1.29, 1.82) is 0 Å². The zero-order valence-corrected chi connectivity index (χ0v) is 22.1. The van der Waals surface area contributed by atoms with Crippen molar-refractivity contribution in [2.24, 2.45) is 0 Å². The Bertz CT molecular complexity index is 1370. The number of carbonyl (C=O) groups is 2. The molecule has 0 bridgehead atoms. The summed E-state index contributed by atoms with van der Waals surface area (Å²) >= 11 is 14.7. The first-order valence-electron chi connectivity index (χ1n) is 11.1. The molecule has 0 aromatic heterocycles. The highest BCUT2D eigenvalue weighted by atomic mass is 35.5. The number of carbonyl (C=O) groups excluding carboxylic acids is 2. The number of hydrogen-bond donors (Lipinski definition) is 0. The first-order valence-corrected chi connectivity index (χ1v) is 13.5. The Kier molecular flexibility index (Phi) is 7.02. The van der Waals surface area contributed by atoms with E-state index in [9.17, 15) is 9.59 Å². The van der Waals surface area contributed by atoms with Gasteiger partial charge >= 0.3 is 0 Å². The Labute approximate surface area is 223 Å². The molecule has 1 saturated heterocycles. The van der Waals surface area contributed by atoms with E-state index in [0.29, 0.717) is 27.2 Å². The van der Waals surface area contributed by atoms with E-state index in [1.165, 1.54) is 17.3 Å². The van der Waals surface area contributed by atoms with Crippen LogP contribution >= 0.6 is 47.3 Å². The molecule has 0 saturated carbocycles. The van der Waals surface area contributed by atoms with Crippen molar-refractivity contribution in [2.45, 2.75) is 29.6 Å². The lowest BCUT2D eigenvalue weighted by molar-refractivity contribution is -0.123. The standard InChI is InChI=1S/C27H21ClN2O2S3/c1-17-8-10-18(11-9-17)15-24-26(32)29(27(33)35-24)14-4-7-25(31)30-20-5-2-3-6-22(20)34-23-13-12-19(28)16-21(23)30/h2-3,5-6,8-13,15-16H,4,7,14H2,1H3/b24-15-. The lowest BCUT2D eigenvalue weighted by Crippen LogP contribution is -2.32. The highest BCUT2D eigenvalue weighted by Gasteiger charge is 2.32. The molecule has 5 rings (SSSR count). The van der Waals surface area contributed by atoms with E-state index in [2.05, 4.69) is 0 Å². The maximum atomic E-state index is 13.4. The lowest BCUT2D eigenvalue weighted by Gasteiger charge is -2.31. The molecule has 176 valence electrons. The molecular formula is C27H21ClN2O2S3. The highest BCUT2D eigenvalue weighted by molar-refractivity contribution is 8.26. The van der Waals surface area contributed by atoms with Crippen molar-refractivity contribution in [3.8, 4) is 0 Å². The normalized spacial score (nSPS) is 16.0. The summed E-state index contributed by atoms with van der Waals surface area (Å²) in [5, 5.41) is 0.583. The van der Waals surface area contributed by atoms with E-state index in [4.69, 9.17) is 23.8 Å². The SMILES string of the molecule is Cc1ccc(/C=C2\SC(=S)N(CCCC(=O)N3c4ccccc4Sc4ccc(Cl)cc43)C2=O)cc1. The van der Waals surface area contributed by atoms with Crippen LogP contribution in [0.3, 0.4) is 0 Å². The summed E-state index contributed by atoms with van der Waals surface area (Å²) in [7, 11) is 0. The van der Waals surface area contributed by atoms with Crippen molar-refractivity contribution >= 4 is 80.9 Å². The van der Waals surface area contributed by atoms with Gasteiger partial charge in [-0.15, -0.1) is 0 Å². The van der Waals surface area contributed by atoms with E-state index in [1.54, 1.807) is 21.6 Å². The molecule has 3 aromatic rings. The van der Waals surface area contributed by atoms with Crippen molar-refractivity contribution in [2.75, 3.05) is 11.4 Å². The minimum Gasteiger partial charge on any atom is -0.293 e. The van der Waals surface area contributed by atoms with E-state index < -0.39 is 0 Å². The molecule has 0 unspecified atom stereocenters. The van der Waals surface area contributed by atoms with Gasteiger partial charge in [-0.2, -0.15) is 0 Å². The fraction of sp³-hybridized carbons (Fsp3) is 0.148. The highest BCUT2D eigenvalue weighted by Crippen LogP contribution is 2.49. The molecular weight excluding hydrogens is 516 g/mol. The number of aryl methyl sites for hydroxylation is 1. The van der Waals surface area contributed by atoms with E-state index in [-0.39, 0.29) is 18.2 Å². The van der Waals surface area contributed by atoms with Crippen molar-refractivity contribution in [1.82, 2.24) is 4.90 Å². The number of amides is 2. The molecule has 0 N–H and O–H groups in total. The van der Waals surface area contributed by atoms with Crippen LogP contribution in [0.4, 0.5) is 11.4 Å². The Hall–Kier alpha value is -2.58. The molecule has 2 amide bonds. The number of thiocarbonyl (C=S) groups is 1. The predicted octanol–water partition coefficient (Wildman–Crippen LogP) is 7.46. The summed E-state index contributed by atoms with van der Waals surface area (Å²) in [5.41, 5.74) is 3.77. The fourth-order valence-corrected chi connectivity index (χ4v) is 6.52. The molecule has 0 spiro atoms. The Morgan fingerprint density at radius 1 is 1.00 bits per heavy atom. The average Bonchev–Trinajstić information content (AvgIpc) is 3.11. The van der Waals surface area contributed by atoms with Gasteiger partial charge in [-0.25, -0.2) is 0 Å². The van der Waals surface area contributed by atoms with Gasteiger partial charge in [0, 0.05) is 27.8 Å². The van der Waals surface area contributed by atoms with Crippen LogP contribution < -0.4 is 4.90 Å². The second-order valence-electron chi connectivity index (χ2n) is 8.26. The first-order chi connectivity index (χ1) is 16.9. The van der Waals surface area contributed by atoms with Gasteiger partial charge in [0.1, 0.15) is 4.32 Å². The number of fused-ring (bicyclic) bond motifs is 2. The Morgan fingerprint density at radius 2 is 1.74 bits per heavy atom. The second-order valence-corrected chi connectivity index (χ2v) is 11.5. The van der Waals surface area contributed by atoms with Gasteiger partial charge < -0.3 is 0 Å². The average molecular weight is 537 g/mol. The molecule has 4 nitrogen and oxygen atoms in total. The third-order valence-electron chi connectivity index (χ3n) is 5.76. The number of thioether (sulfide) groups is 1. The number of para-hydroxylation sites is 1. The third kappa shape index (κ3) is 5.05. The molecule has 8 heteroatoms. The van der Waals surface area contributed by atoms with Crippen molar-refractivity contribution in [3.63, 3.8) is 0 Å². The Morgan fingerprint density at radius 3 is 2.54 bits per heavy atom. The van der Waals surface area contributed by atoms with Gasteiger partial charge in [0.2, 0.25) is 5.91 Å². The molecule has 0 aliphatic carbocycles. The zero-order valence-electron chi connectivity index (χ0n) is 18.9. The van der Waals surface area contributed by atoms with Crippen LogP contribution in [0.25, 0.3) is 6.08 Å². The Balaban J connectivity index is 1.28. The van der Waals surface area contributed by atoms with E-state index in [1.807, 2.05) is 79.7 Å². The quantitative estimate of drug-likeness (QED) is 0.250. The topological polar surface area (TPSA) is 40.6 Å². The summed E-state index contributed by atoms with van der Waals surface area (Å²) < 4.78 is 0.526. The fourth-order valence-electron chi connectivity index (χ4n) is 4.00. The smallest absolute Gasteiger partial charge is 0.266 e. The van der Waals surface area contributed by atoms with Crippen LogP contribution in [0.15, 0.2) is 81.4 Å². The molecule has 2 heterocycles. The monoisotopic (exact) mass is 536 g/mol. The summed E-state index contributed by atoms with van der Waals surface area (Å²) in [6.07, 6.45) is 2.65. The van der Waals surface area contributed by atoms with Gasteiger partial charge in [-0.3, -0.25) is 19.4 Å². The van der Waals surface area contributed by atoms with Crippen LogP contribution in [0.2, 0.25) is 5.02 Å². The number of anilines is 2. The summed E-state index contributed by atoms with van der Waals surface area (Å²) in [6.45, 7) is 2.42. The summed E-state index contributed by atoms with van der Waals surface area (Å²) in [6, 6.07) is 21.5. The maximum Gasteiger partial charge on any atom is 0.266 e. The maximum absolute atomic E-state index is 13.4. The van der Waals surface area contributed by atoms with Crippen LogP contribution in [0.5, 0.6) is 0 Å². The minimum absolute atomic E-state index is 0.0399. The van der Waals surface area contributed by atoms with E-state index in [0.717, 1.165) is 26.7 Å². The van der Waals surface area contributed by atoms with Gasteiger partial charge in [-0.05, 0) is 55.3 Å². The van der Waals surface area contributed by atoms with Gasteiger partial charge in [-0.1, -0.05) is 89.3 Å². The van der Waals surface area contributed by atoms with Crippen LogP contribution in [0, 0.1) is 6.92 Å². The lowest BCUT2D eigenvalue weighted by atomic mass is 10.1. The number of halogens is 1. The molecule has 2 aliphatic heterocycles. The van der Waals surface area contributed by atoms with Crippen molar-refractivity contribution < 1.29 is 9.59 Å². The molecule has 0 radical (unpaired) electrons. The third-order valence-corrected chi connectivity index (χ3v) is 8.50. The summed E-state index contributed by atoms with van der Waals surface area (Å²) in [4.78, 5) is 32.3. The molecule has 3 aromatic carbocycles. The number of nitrogens with zero attached hydrogens (tertiary/aromatic N) is 2. The minimum atomic E-state index is -0.107. The number of benzene rings is 3. The summed E-state index contributed by atoms with van der Waals surface area (Å²) in [5.74, 6) is -0.147. The molecule has 2 aliphatic rings. The predicted molar refractivity (Wildman–Crippen MR) is 149 cm³/mol. The van der Waals surface area contributed by atoms with E-state index >= 15 is 0 Å².